The van der Waals surface area contributed by atoms with Crippen LogP contribution in [0.3, 0.4) is 0 Å². The summed E-state index contributed by atoms with van der Waals surface area (Å²) in [5, 5.41) is 54.9. The lowest BCUT2D eigenvalue weighted by atomic mass is 10.1. The van der Waals surface area contributed by atoms with E-state index in [1.807, 2.05) is 13.8 Å². The number of hydrogen-bond donors (Lipinski definition) is 6. The van der Waals surface area contributed by atoms with Crippen LogP contribution >= 0.6 is 0 Å². The topological polar surface area (TPSA) is 437 Å². The van der Waals surface area contributed by atoms with Gasteiger partial charge in [-0.05, 0) is 96.3 Å². The Kier molecular flexibility index (Phi) is 121. The van der Waals surface area contributed by atoms with Crippen molar-refractivity contribution in [3.05, 3.63) is 12.2 Å². The molecule has 0 aliphatic carbocycles. The summed E-state index contributed by atoms with van der Waals surface area (Å²) in [6, 6.07) is 0. The minimum Gasteiger partial charge on any atom is -0.462 e. The third kappa shape index (κ3) is 116. The zero-order valence-corrected chi connectivity index (χ0v) is 90.3. The van der Waals surface area contributed by atoms with Crippen molar-refractivity contribution in [2.45, 2.75) is 543 Å². The Bertz CT molecular complexity index is 2780. The lowest BCUT2D eigenvalue weighted by Gasteiger charge is -2.15. The summed E-state index contributed by atoms with van der Waals surface area (Å²) >= 11 is 0. The predicted molar refractivity (Wildman–Crippen MR) is 549 cm³/mol. The number of esters is 12. The number of allylic oxidation sites excluding steroid dienone is 2. The first-order valence-corrected chi connectivity index (χ1v) is 55.2. The molecule has 0 aliphatic heterocycles. The molecule has 30 nitrogen and oxygen atoms in total. The summed E-state index contributed by atoms with van der Waals surface area (Å²) < 4.78 is 60.4. The van der Waals surface area contributed by atoms with Crippen LogP contribution in [0.1, 0.15) is 507 Å². The second kappa shape index (κ2) is 117. The van der Waals surface area contributed by atoms with Gasteiger partial charge >= 0.3 is 71.6 Å². The number of ether oxygens (including phenoxy) is 12. The standard InChI is InChI=1S/C23H42O5.C23H44O5.2C19H36O5.C15H28O5.C11H20O5/c1-3-4-5-6-7-8-9-10-11-12-13-14-15-16-17-18-23(26)27-20-22(19-24)28-21(2)25;1-3-5-7-9-11-13-15-17-22(25)27-20-21(19-24)28-23(26)18-16-14-12-10-8-6-4-2;2*1-3-5-7-9-11-13-18(21)23-16-17(15-20)24-19(22)14-12-10-8-6-4-2;1-3-5-7-9-14(17)19-12-13(11-16)20-15(18)10-8-6-4-2;1-3-5-10(13)15-8-9(7-12)16-11(14)6-4-2/h10-11,22,24H,3-9,12-20H2,1-2H3;21,24H,3-20H2,1-2H3;2*17,20H,3-16H2,1-2H3;13,16H,3-12H2,1-2H3;9,12H,3-8H2,1-2H3/t;;17-;;13-;/m..0.0./s1. The van der Waals surface area contributed by atoms with Gasteiger partial charge in [-0.3, -0.25) is 57.5 Å². The Balaban J connectivity index is -0.000000388. The Morgan fingerprint density at radius 3 is 0.486 bits per heavy atom. The maximum atomic E-state index is 11.8. The molecule has 0 heterocycles. The minimum absolute atomic E-state index is 0.0609. The number of aliphatic hydroxyl groups is 6. The van der Waals surface area contributed by atoms with Gasteiger partial charge in [0.15, 0.2) is 36.6 Å². The first-order valence-electron chi connectivity index (χ1n) is 55.2. The van der Waals surface area contributed by atoms with Crippen LogP contribution in [0.4, 0.5) is 0 Å². The van der Waals surface area contributed by atoms with Crippen LogP contribution in [0.2, 0.25) is 0 Å². The smallest absolute Gasteiger partial charge is 0.306 e. The van der Waals surface area contributed by atoms with Crippen LogP contribution in [0.25, 0.3) is 0 Å². The van der Waals surface area contributed by atoms with Gasteiger partial charge in [-0.25, -0.2) is 0 Å². The predicted octanol–water partition coefficient (Wildman–Crippen LogP) is 23.1. The van der Waals surface area contributed by atoms with Crippen molar-refractivity contribution in [2.75, 3.05) is 79.3 Å². The normalized spacial score (nSPS) is 12.0. The van der Waals surface area contributed by atoms with Crippen LogP contribution in [0.15, 0.2) is 12.2 Å². The van der Waals surface area contributed by atoms with Crippen molar-refractivity contribution < 1.29 is 145 Å². The molecule has 0 bridgehead atoms. The van der Waals surface area contributed by atoms with Crippen molar-refractivity contribution in [1.29, 1.82) is 0 Å². The summed E-state index contributed by atoms with van der Waals surface area (Å²) in [6.45, 7) is 21.9. The maximum Gasteiger partial charge on any atom is 0.306 e. The Morgan fingerprint density at radius 2 is 0.307 bits per heavy atom. The summed E-state index contributed by atoms with van der Waals surface area (Å²) in [6.07, 6.45) is 64.2. The SMILES string of the molecule is CCCC(=O)OCC(CO)OC(=O)CCC.CCCCCC(=O)OC[C@H](CO)OC(=O)CCCCC.CCCCCCCC(=O)OCC(CO)OC(=O)CCCCCCC.CCCCCCCC(=O)OC[C@H](CO)OC(=O)CCCCCCC.CCCCCCCCC=CCCCCCCCC(=O)OCC(CO)OC(C)=O.CCCCCCCCCC(=O)OCC(CO)OC(=O)CCCCCCCCC. The van der Waals surface area contributed by atoms with Crippen molar-refractivity contribution in [1.82, 2.24) is 0 Å². The Hall–Kier alpha value is -6.86. The first-order chi connectivity index (χ1) is 67.8. The van der Waals surface area contributed by atoms with Crippen molar-refractivity contribution in [3.63, 3.8) is 0 Å². The van der Waals surface area contributed by atoms with E-state index in [9.17, 15) is 72.9 Å². The Morgan fingerprint density at radius 1 is 0.171 bits per heavy atom. The molecule has 4 unspecified atom stereocenters. The van der Waals surface area contributed by atoms with Crippen LogP contribution in [-0.2, 0) is 114 Å². The molecule has 0 saturated carbocycles. The zero-order chi connectivity index (χ0) is 105. The molecule has 6 atom stereocenters. The second-order valence-electron chi connectivity index (χ2n) is 36.1. The van der Waals surface area contributed by atoms with Gasteiger partial charge in [0.25, 0.3) is 0 Å². The molecule has 30 heteroatoms. The molecule has 0 aliphatic rings. The third-order valence-corrected chi connectivity index (χ3v) is 22.1. The van der Waals surface area contributed by atoms with E-state index in [0.717, 1.165) is 180 Å². The van der Waals surface area contributed by atoms with E-state index in [0.29, 0.717) is 83.5 Å². The van der Waals surface area contributed by atoms with Crippen LogP contribution in [0, 0.1) is 0 Å². The lowest BCUT2D eigenvalue weighted by Crippen LogP contribution is -2.28. The molecule has 0 rings (SSSR count). The molecule has 0 amide bonds. The Labute approximate surface area is 847 Å². The van der Waals surface area contributed by atoms with Gasteiger partial charge in [-0.1, -0.05) is 345 Å². The van der Waals surface area contributed by atoms with Gasteiger partial charge < -0.3 is 87.5 Å². The van der Waals surface area contributed by atoms with Gasteiger partial charge in [0.2, 0.25) is 0 Å². The van der Waals surface area contributed by atoms with E-state index in [1.165, 1.54) is 167 Å². The van der Waals surface area contributed by atoms with E-state index in [1.54, 1.807) is 0 Å². The zero-order valence-electron chi connectivity index (χ0n) is 90.3. The fourth-order valence-electron chi connectivity index (χ4n) is 13.5. The average molecular weight is 2010 g/mol. The molecule has 6 N–H and O–H groups in total. The number of aliphatic hydroxyl groups excluding tert-OH is 6. The largest absolute Gasteiger partial charge is 0.462 e. The van der Waals surface area contributed by atoms with Crippen LogP contribution in [0.5, 0.6) is 0 Å². The van der Waals surface area contributed by atoms with Crippen molar-refractivity contribution in [3.8, 4) is 0 Å². The van der Waals surface area contributed by atoms with Gasteiger partial charge in [0, 0.05) is 77.6 Å². The van der Waals surface area contributed by atoms with Gasteiger partial charge in [-0.15, -0.1) is 0 Å². The fourth-order valence-corrected chi connectivity index (χ4v) is 13.5. The molecule has 826 valence electrons. The van der Waals surface area contributed by atoms with E-state index in [2.05, 4.69) is 74.5 Å². The number of unbranched alkanes of at least 4 members (excludes halogenated alkanes) is 43. The van der Waals surface area contributed by atoms with Crippen LogP contribution in [-0.4, -0.2) is 218 Å². The summed E-state index contributed by atoms with van der Waals surface area (Å²) in [5.41, 5.74) is 0. The number of rotatable bonds is 91. The highest BCUT2D eigenvalue weighted by Crippen LogP contribution is 2.18. The molecular weight excluding hydrogens is 1800 g/mol. The molecule has 0 radical (unpaired) electrons. The molecular formula is C110H206O30. The summed E-state index contributed by atoms with van der Waals surface area (Å²) in [4.78, 5) is 138. The van der Waals surface area contributed by atoms with Gasteiger partial charge in [0.1, 0.15) is 39.6 Å². The van der Waals surface area contributed by atoms with Crippen molar-refractivity contribution >= 4 is 71.6 Å². The summed E-state index contributed by atoms with van der Waals surface area (Å²) in [7, 11) is 0. The third-order valence-electron chi connectivity index (χ3n) is 22.1. The minimum atomic E-state index is -0.768. The molecule has 0 spiro atoms. The molecule has 0 fully saturated rings. The number of carbonyl (C=O) groups is 12. The van der Waals surface area contributed by atoms with E-state index >= 15 is 0 Å². The highest BCUT2D eigenvalue weighted by Gasteiger charge is 2.23. The van der Waals surface area contributed by atoms with E-state index in [4.69, 9.17) is 72.2 Å². The van der Waals surface area contributed by atoms with Gasteiger partial charge in [0.05, 0.1) is 39.6 Å². The monoisotopic (exact) mass is 2010 g/mol. The highest BCUT2D eigenvalue weighted by molar-refractivity contribution is 5.73. The van der Waals surface area contributed by atoms with E-state index < -0.39 is 42.6 Å². The lowest BCUT2D eigenvalue weighted by molar-refractivity contribution is -0.161. The number of hydrogen-bond acceptors (Lipinski definition) is 30. The average Bonchev–Trinajstić information content (AvgIpc) is 0.983. The highest BCUT2D eigenvalue weighted by atomic mass is 16.6. The maximum absolute atomic E-state index is 11.8. The van der Waals surface area contributed by atoms with E-state index in [-0.39, 0.29) is 145 Å². The molecule has 140 heavy (non-hydrogen) atoms. The molecule has 0 saturated heterocycles. The summed E-state index contributed by atoms with van der Waals surface area (Å²) in [5.74, 6) is -4.02. The second-order valence-corrected chi connectivity index (χ2v) is 36.1. The van der Waals surface area contributed by atoms with Gasteiger partial charge in [-0.2, -0.15) is 0 Å². The molecule has 0 aromatic rings. The molecule has 0 aromatic carbocycles. The van der Waals surface area contributed by atoms with Crippen molar-refractivity contribution in [2.24, 2.45) is 0 Å². The number of carbonyl (C=O) groups excluding carboxylic acids is 12. The molecule has 0 aromatic heterocycles. The first kappa shape index (κ1) is 144. The van der Waals surface area contributed by atoms with Crippen LogP contribution < -0.4 is 0 Å². The fraction of sp³-hybridized carbons (Fsp3) is 0.873. The quantitative estimate of drug-likeness (QED) is 0.0142.